The van der Waals surface area contributed by atoms with Gasteiger partial charge < -0.3 is 15.7 Å². The van der Waals surface area contributed by atoms with E-state index in [4.69, 9.17) is 10.8 Å². The van der Waals surface area contributed by atoms with E-state index >= 15 is 0 Å². The summed E-state index contributed by atoms with van der Waals surface area (Å²) in [5.41, 5.74) is 5.83. The first-order valence-electron chi connectivity index (χ1n) is 6.20. The molecule has 1 heterocycles. The summed E-state index contributed by atoms with van der Waals surface area (Å²) in [6.45, 7) is 5.71. The van der Waals surface area contributed by atoms with Gasteiger partial charge >= 0.3 is 5.97 Å². The van der Waals surface area contributed by atoms with Crippen molar-refractivity contribution >= 4 is 11.9 Å². The molecule has 1 rings (SSSR count). The van der Waals surface area contributed by atoms with Gasteiger partial charge in [0.25, 0.3) is 0 Å². The van der Waals surface area contributed by atoms with Crippen LogP contribution in [-0.4, -0.2) is 40.0 Å². The quantitative estimate of drug-likeness (QED) is 0.764. The third-order valence-corrected chi connectivity index (χ3v) is 3.52. The third-order valence-electron chi connectivity index (χ3n) is 3.52. The van der Waals surface area contributed by atoms with E-state index in [9.17, 15) is 9.59 Å². The summed E-state index contributed by atoms with van der Waals surface area (Å²) in [6.07, 6.45) is 2.06. The Morgan fingerprint density at radius 2 is 2.00 bits per heavy atom. The lowest BCUT2D eigenvalue weighted by atomic mass is 10.0. The van der Waals surface area contributed by atoms with Crippen LogP contribution in [0.5, 0.6) is 0 Å². The van der Waals surface area contributed by atoms with Crippen LogP contribution < -0.4 is 5.73 Å². The van der Waals surface area contributed by atoms with Crippen molar-refractivity contribution in [1.29, 1.82) is 0 Å². The van der Waals surface area contributed by atoms with Crippen molar-refractivity contribution in [2.45, 2.75) is 58.2 Å². The second kappa shape index (κ2) is 5.49. The average Bonchev–Trinajstić information content (AvgIpc) is 2.70. The Morgan fingerprint density at radius 1 is 1.41 bits per heavy atom. The van der Waals surface area contributed by atoms with Crippen LogP contribution in [-0.2, 0) is 9.59 Å². The molecule has 0 aromatic carbocycles. The first kappa shape index (κ1) is 14.0. The fourth-order valence-electron chi connectivity index (χ4n) is 2.32. The highest BCUT2D eigenvalue weighted by Gasteiger charge is 2.41. The van der Waals surface area contributed by atoms with Crippen LogP contribution in [0, 0.1) is 5.92 Å². The summed E-state index contributed by atoms with van der Waals surface area (Å²) in [4.78, 5) is 24.8. The number of carboxylic acid groups (broad SMARTS) is 1. The van der Waals surface area contributed by atoms with Crippen molar-refractivity contribution in [3.63, 3.8) is 0 Å². The standard InChI is InChI=1S/C12H22N2O3/c1-4-8-5-6-9(12(16)17)14(8)11(15)10(13)7(2)3/h7-10H,4-6,13H2,1-3H3,(H,16,17)/t8-,9-,10-/m0/s1. The zero-order chi connectivity index (χ0) is 13.2. The van der Waals surface area contributed by atoms with Crippen LogP contribution in [0.1, 0.15) is 40.0 Å². The zero-order valence-corrected chi connectivity index (χ0v) is 10.7. The van der Waals surface area contributed by atoms with E-state index in [0.717, 1.165) is 12.8 Å². The smallest absolute Gasteiger partial charge is 0.326 e. The fourth-order valence-corrected chi connectivity index (χ4v) is 2.32. The number of hydrogen-bond acceptors (Lipinski definition) is 3. The number of carboxylic acids is 1. The van der Waals surface area contributed by atoms with E-state index < -0.39 is 18.1 Å². The first-order valence-corrected chi connectivity index (χ1v) is 6.20. The van der Waals surface area contributed by atoms with E-state index in [1.807, 2.05) is 20.8 Å². The number of nitrogens with two attached hydrogens (primary N) is 1. The highest BCUT2D eigenvalue weighted by molar-refractivity contribution is 5.88. The minimum Gasteiger partial charge on any atom is -0.480 e. The Balaban J connectivity index is 2.88. The molecule has 3 N–H and O–H groups in total. The predicted octanol–water partition coefficient (Wildman–Crippen LogP) is 0.824. The molecule has 0 unspecified atom stereocenters. The number of rotatable bonds is 4. The number of carbonyl (C=O) groups excluding carboxylic acids is 1. The lowest BCUT2D eigenvalue weighted by molar-refractivity contribution is -0.150. The highest BCUT2D eigenvalue weighted by Crippen LogP contribution is 2.27. The zero-order valence-electron chi connectivity index (χ0n) is 10.7. The lowest BCUT2D eigenvalue weighted by Crippen LogP contribution is -2.53. The number of likely N-dealkylation sites (tertiary alicyclic amines) is 1. The predicted molar refractivity (Wildman–Crippen MR) is 64.4 cm³/mol. The van der Waals surface area contributed by atoms with Gasteiger partial charge in [0.15, 0.2) is 0 Å². The molecular formula is C12H22N2O3. The Hall–Kier alpha value is -1.10. The van der Waals surface area contributed by atoms with E-state index in [1.165, 1.54) is 4.90 Å². The molecule has 3 atom stereocenters. The summed E-state index contributed by atoms with van der Waals surface area (Å²) >= 11 is 0. The van der Waals surface area contributed by atoms with E-state index in [0.29, 0.717) is 6.42 Å². The number of aliphatic carboxylic acids is 1. The van der Waals surface area contributed by atoms with Gasteiger partial charge in [0, 0.05) is 6.04 Å². The molecule has 5 nitrogen and oxygen atoms in total. The van der Waals surface area contributed by atoms with Crippen LogP contribution in [0.2, 0.25) is 0 Å². The SMILES string of the molecule is CC[C@H]1CC[C@@H](C(=O)O)N1C(=O)[C@@H](N)C(C)C. The van der Waals surface area contributed by atoms with Gasteiger partial charge in [-0.05, 0) is 25.2 Å². The minimum absolute atomic E-state index is 0.0217. The monoisotopic (exact) mass is 242 g/mol. The van der Waals surface area contributed by atoms with Crippen LogP contribution >= 0.6 is 0 Å². The van der Waals surface area contributed by atoms with Crippen LogP contribution in [0.15, 0.2) is 0 Å². The molecule has 1 aliphatic heterocycles. The van der Waals surface area contributed by atoms with Crippen LogP contribution in [0.25, 0.3) is 0 Å². The van der Waals surface area contributed by atoms with Crippen LogP contribution in [0.4, 0.5) is 0 Å². The Bertz CT molecular complexity index is 304. The summed E-state index contributed by atoms with van der Waals surface area (Å²) in [7, 11) is 0. The largest absolute Gasteiger partial charge is 0.480 e. The van der Waals surface area contributed by atoms with Gasteiger partial charge in [0.2, 0.25) is 5.91 Å². The van der Waals surface area contributed by atoms with Gasteiger partial charge in [-0.3, -0.25) is 4.79 Å². The summed E-state index contributed by atoms with van der Waals surface area (Å²) < 4.78 is 0. The van der Waals surface area contributed by atoms with E-state index in [1.54, 1.807) is 0 Å². The van der Waals surface area contributed by atoms with Crippen molar-refractivity contribution < 1.29 is 14.7 Å². The Kier molecular flexibility index (Phi) is 4.51. The molecule has 5 heteroatoms. The molecule has 0 aromatic heterocycles. The summed E-state index contributed by atoms with van der Waals surface area (Å²) in [5, 5.41) is 9.13. The maximum Gasteiger partial charge on any atom is 0.326 e. The van der Waals surface area contributed by atoms with Crippen molar-refractivity contribution in [3.05, 3.63) is 0 Å². The second-order valence-electron chi connectivity index (χ2n) is 5.01. The highest BCUT2D eigenvalue weighted by atomic mass is 16.4. The second-order valence-corrected chi connectivity index (χ2v) is 5.01. The molecule has 0 spiro atoms. The number of nitrogens with zero attached hydrogens (tertiary/aromatic N) is 1. The van der Waals surface area contributed by atoms with Crippen molar-refractivity contribution in [3.8, 4) is 0 Å². The van der Waals surface area contributed by atoms with Gasteiger partial charge in [-0.15, -0.1) is 0 Å². The van der Waals surface area contributed by atoms with Gasteiger partial charge in [0.1, 0.15) is 6.04 Å². The van der Waals surface area contributed by atoms with Crippen molar-refractivity contribution in [2.75, 3.05) is 0 Å². The molecule has 0 aromatic rings. The molecule has 98 valence electrons. The minimum atomic E-state index is -0.926. The number of hydrogen-bond donors (Lipinski definition) is 2. The average molecular weight is 242 g/mol. The van der Waals surface area contributed by atoms with Gasteiger partial charge in [0.05, 0.1) is 6.04 Å². The fraction of sp³-hybridized carbons (Fsp3) is 0.833. The normalized spacial score (nSPS) is 26.3. The molecule has 1 saturated heterocycles. The number of carbonyl (C=O) groups is 2. The van der Waals surface area contributed by atoms with Gasteiger partial charge in [-0.1, -0.05) is 20.8 Å². The van der Waals surface area contributed by atoms with Crippen molar-refractivity contribution in [2.24, 2.45) is 11.7 Å². The molecular weight excluding hydrogens is 220 g/mol. The Labute approximate surface area is 102 Å². The van der Waals surface area contributed by atoms with E-state index in [-0.39, 0.29) is 17.9 Å². The maximum atomic E-state index is 12.2. The molecule has 0 radical (unpaired) electrons. The Morgan fingerprint density at radius 3 is 2.41 bits per heavy atom. The van der Waals surface area contributed by atoms with Gasteiger partial charge in [-0.2, -0.15) is 0 Å². The summed E-state index contributed by atoms with van der Waals surface area (Å²) in [6, 6.07) is -1.28. The molecule has 0 saturated carbocycles. The third kappa shape index (κ3) is 2.77. The number of amides is 1. The van der Waals surface area contributed by atoms with E-state index in [2.05, 4.69) is 0 Å². The first-order chi connectivity index (χ1) is 7.90. The topological polar surface area (TPSA) is 83.6 Å². The molecule has 0 aliphatic carbocycles. The molecule has 1 amide bonds. The molecule has 1 fully saturated rings. The molecule has 17 heavy (non-hydrogen) atoms. The van der Waals surface area contributed by atoms with Gasteiger partial charge in [-0.25, -0.2) is 4.79 Å². The lowest BCUT2D eigenvalue weighted by Gasteiger charge is -2.31. The molecule has 1 aliphatic rings. The van der Waals surface area contributed by atoms with Crippen molar-refractivity contribution in [1.82, 2.24) is 4.90 Å². The molecule has 0 bridgehead atoms. The maximum absolute atomic E-state index is 12.2. The summed E-state index contributed by atoms with van der Waals surface area (Å²) in [5.74, 6) is -1.13. The van der Waals surface area contributed by atoms with Crippen LogP contribution in [0.3, 0.4) is 0 Å².